The van der Waals surface area contributed by atoms with E-state index in [9.17, 15) is 5.11 Å². The van der Waals surface area contributed by atoms with Crippen LogP contribution in [0, 0.1) is 0 Å². The summed E-state index contributed by atoms with van der Waals surface area (Å²) in [4.78, 5) is 0. The number of methoxy groups -OCH3 is 1. The van der Waals surface area contributed by atoms with Gasteiger partial charge >= 0.3 is 0 Å². The highest BCUT2D eigenvalue weighted by molar-refractivity contribution is 5.44. The lowest BCUT2D eigenvalue weighted by atomic mass is 9.86. The summed E-state index contributed by atoms with van der Waals surface area (Å²) in [5, 5.41) is 20.6. The Kier molecular flexibility index (Phi) is 9.07. The van der Waals surface area contributed by atoms with Crippen molar-refractivity contribution in [1.29, 1.82) is 0 Å². The molecule has 0 saturated carbocycles. The molecular weight excluding hydrogens is 310 g/mol. The van der Waals surface area contributed by atoms with Gasteiger partial charge in [-0.05, 0) is 23.6 Å². The van der Waals surface area contributed by atoms with Gasteiger partial charge in [0.2, 0.25) is 0 Å². The molecular formula is C18H32NO5+. The Morgan fingerprint density at radius 2 is 1.96 bits per heavy atom. The second-order valence-corrected chi connectivity index (χ2v) is 6.73. The highest BCUT2D eigenvalue weighted by Gasteiger charge is 2.20. The van der Waals surface area contributed by atoms with Crippen LogP contribution in [0.5, 0.6) is 11.5 Å². The van der Waals surface area contributed by atoms with E-state index in [2.05, 4.69) is 20.8 Å². The zero-order chi connectivity index (χ0) is 18.0. The third kappa shape index (κ3) is 7.49. The van der Waals surface area contributed by atoms with E-state index < -0.39 is 6.10 Å². The number of aliphatic hydroxyl groups is 2. The molecule has 0 bridgehead atoms. The van der Waals surface area contributed by atoms with Crippen LogP contribution in [0.1, 0.15) is 26.3 Å². The number of hydrogen-bond donors (Lipinski definition) is 3. The Balaban J connectivity index is 2.46. The van der Waals surface area contributed by atoms with Gasteiger partial charge in [0.05, 0.1) is 33.5 Å². The van der Waals surface area contributed by atoms with E-state index >= 15 is 0 Å². The summed E-state index contributed by atoms with van der Waals surface area (Å²) in [6, 6.07) is 5.73. The highest BCUT2D eigenvalue weighted by atomic mass is 16.5. The van der Waals surface area contributed by atoms with Crippen molar-refractivity contribution in [2.75, 3.05) is 46.6 Å². The predicted molar refractivity (Wildman–Crippen MR) is 92.8 cm³/mol. The number of hydrogen-bond acceptors (Lipinski definition) is 5. The normalized spacial score (nSPS) is 12.9. The Bertz CT molecular complexity index is 473. The first-order chi connectivity index (χ1) is 11.4. The van der Waals surface area contributed by atoms with Crippen molar-refractivity contribution in [3.8, 4) is 11.5 Å². The molecule has 24 heavy (non-hydrogen) atoms. The third-order valence-corrected chi connectivity index (χ3v) is 3.57. The number of nitrogens with two attached hydrogens (primary N) is 1. The third-order valence-electron chi connectivity index (χ3n) is 3.57. The summed E-state index contributed by atoms with van der Waals surface area (Å²) >= 11 is 0. The number of benzene rings is 1. The topological polar surface area (TPSA) is 84.8 Å². The Labute approximate surface area is 144 Å². The summed E-state index contributed by atoms with van der Waals surface area (Å²) in [6.45, 7) is 8.82. The zero-order valence-electron chi connectivity index (χ0n) is 15.2. The van der Waals surface area contributed by atoms with Crippen molar-refractivity contribution >= 4 is 0 Å². The van der Waals surface area contributed by atoms with Crippen molar-refractivity contribution in [3.63, 3.8) is 0 Å². The molecule has 1 aromatic rings. The molecule has 0 aliphatic carbocycles. The smallest absolute Gasteiger partial charge is 0.137 e. The minimum atomic E-state index is -0.558. The van der Waals surface area contributed by atoms with Gasteiger partial charge in [-0.25, -0.2) is 0 Å². The molecule has 1 atom stereocenters. The summed E-state index contributed by atoms with van der Waals surface area (Å²) < 4.78 is 16.3. The fraction of sp³-hybridized carbons (Fsp3) is 0.667. The van der Waals surface area contributed by atoms with Crippen molar-refractivity contribution < 1.29 is 29.7 Å². The summed E-state index contributed by atoms with van der Waals surface area (Å²) in [6.07, 6.45) is -0.558. The summed E-state index contributed by atoms with van der Waals surface area (Å²) in [5.74, 6) is 1.57. The van der Waals surface area contributed by atoms with Gasteiger partial charge in [0.25, 0.3) is 0 Å². The number of aliphatic hydroxyl groups excluding tert-OH is 2. The first kappa shape index (κ1) is 20.7. The van der Waals surface area contributed by atoms with Gasteiger partial charge in [-0.3, -0.25) is 0 Å². The molecule has 0 fully saturated rings. The summed E-state index contributed by atoms with van der Waals surface area (Å²) in [5.41, 5.74) is 0.973. The molecule has 0 unspecified atom stereocenters. The van der Waals surface area contributed by atoms with Crippen LogP contribution in [0.15, 0.2) is 18.2 Å². The lowest BCUT2D eigenvalue weighted by molar-refractivity contribution is -0.662. The maximum atomic E-state index is 10.0. The fourth-order valence-electron chi connectivity index (χ4n) is 2.25. The molecule has 0 aliphatic heterocycles. The van der Waals surface area contributed by atoms with Crippen LogP contribution in [0.25, 0.3) is 0 Å². The lowest BCUT2D eigenvalue weighted by Crippen LogP contribution is -2.87. The molecule has 6 nitrogen and oxygen atoms in total. The second kappa shape index (κ2) is 10.5. The van der Waals surface area contributed by atoms with Gasteiger partial charge in [0.15, 0.2) is 0 Å². The van der Waals surface area contributed by atoms with E-state index in [0.717, 1.165) is 23.6 Å². The van der Waals surface area contributed by atoms with E-state index in [0.29, 0.717) is 19.8 Å². The van der Waals surface area contributed by atoms with Gasteiger partial charge < -0.3 is 29.7 Å². The van der Waals surface area contributed by atoms with Gasteiger partial charge in [0, 0.05) is 5.56 Å². The van der Waals surface area contributed by atoms with Crippen LogP contribution >= 0.6 is 0 Å². The first-order valence-electron chi connectivity index (χ1n) is 8.38. The average molecular weight is 342 g/mol. The quantitative estimate of drug-likeness (QED) is 0.504. The molecule has 0 saturated heterocycles. The molecule has 138 valence electrons. The number of rotatable bonds is 11. The van der Waals surface area contributed by atoms with Crippen LogP contribution in [0.3, 0.4) is 0 Å². The van der Waals surface area contributed by atoms with E-state index in [4.69, 9.17) is 19.3 Å². The van der Waals surface area contributed by atoms with Crippen molar-refractivity contribution in [3.05, 3.63) is 23.8 Å². The monoisotopic (exact) mass is 342 g/mol. The minimum Gasteiger partial charge on any atom is -0.497 e. The summed E-state index contributed by atoms with van der Waals surface area (Å²) in [7, 11) is 1.65. The van der Waals surface area contributed by atoms with Crippen LogP contribution in [-0.4, -0.2) is 62.9 Å². The number of quaternary nitrogens is 1. The molecule has 1 aromatic carbocycles. The van der Waals surface area contributed by atoms with E-state index in [1.54, 1.807) is 7.11 Å². The zero-order valence-corrected chi connectivity index (χ0v) is 15.2. The van der Waals surface area contributed by atoms with E-state index in [-0.39, 0.29) is 18.6 Å². The maximum absolute atomic E-state index is 10.0. The average Bonchev–Trinajstić information content (AvgIpc) is 2.55. The molecule has 1 rings (SSSR count). The van der Waals surface area contributed by atoms with E-state index in [1.165, 1.54) is 0 Å². The fourth-order valence-corrected chi connectivity index (χ4v) is 2.25. The van der Waals surface area contributed by atoms with Gasteiger partial charge in [-0.15, -0.1) is 0 Å². The molecule has 0 spiro atoms. The molecule has 0 radical (unpaired) electrons. The molecule has 0 aromatic heterocycles. The molecule has 6 heteroatoms. The van der Waals surface area contributed by atoms with Crippen molar-refractivity contribution in [2.24, 2.45) is 0 Å². The first-order valence-corrected chi connectivity index (χ1v) is 8.38. The molecule has 4 N–H and O–H groups in total. The van der Waals surface area contributed by atoms with Gasteiger partial charge in [0.1, 0.15) is 30.8 Å². The Morgan fingerprint density at radius 3 is 2.58 bits per heavy atom. The maximum Gasteiger partial charge on any atom is 0.137 e. The largest absolute Gasteiger partial charge is 0.497 e. The Hall–Kier alpha value is -1.34. The van der Waals surface area contributed by atoms with Crippen LogP contribution in [0.4, 0.5) is 0 Å². The highest BCUT2D eigenvalue weighted by Crippen LogP contribution is 2.34. The van der Waals surface area contributed by atoms with Gasteiger partial charge in [-0.1, -0.05) is 20.8 Å². The molecule has 0 amide bonds. The standard InChI is InChI=1S/C18H31NO5/c1-18(2,3)16-11-15(22-4)5-6-17(16)24-13-14(21)12-19-7-9-23-10-8-20/h5-6,11,14,19-21H,7-10,12-13H2,1-4H3/p+1/t14-/m0/s1. The van der Waals surface area contributed by atoms with Crippen molar-refractivity contribution in [2.45, 2.75) is 32.3 Å². The van der Waals surface area contributed by atoms with E-state index in [1.807, 2.05) is 23.5 Å². The lowest BCUT2D eigenvalue weighted by Gasteiger charge is -2.24. The molecule has 0 heterocycles. The molecule has 0 aliphatic rings. The SMILES string of the molecule is COc1ccc(OC[C@@H](O)C[NH2+]CCOCCO)c(C(C)(C)C)c1. The van der Waals surface area contributed by atoms with Gasteiger partial charge in [-0.2, -0.15) is 0 Å². The van der Waals surface area contributed by atoms with Crippen LogP contribution in [0.2, 0.25) is 0 Å². The second-order valence-electron chi connectivity index (χ2n) is 6.73. The van der Waals surface area contributed by atoms with Crippen LogP contribution < -0.4 is 14.8 Å². The predicted octanol–water partition coefficient (Wildman–Crippen LogP) is 0.305. The van der Waals surface area contributed by atoms with Crippen molar-refractivity contribution in [1.82, 2.24) is 0 Å². The minimum absolute atomic E-state index is 0.0361. The number of ether oxygens (including phenoxy) is 3. The van der Waals surface area contributed by atoms with Crippen LogP contribution in [-0.2, 0) is 10.2 Å². The Morgan fingerprint density at radius 1 is 1.21 bits per heavy atom.